The molecular formula is C28H20ClN3O6S. The summed E-state index contributed by atoms with van der Waals surface area (Å²) in [5, 5.41) is 2.39. The number of furan rings is 1. The van der Waals surface area contributed by atoms with Gasteiger partial charge in [0.1, 0.15) is 11.3 Å². The van der Waals surface area contributed by atoms with Crippen LogP contribution in [0.5, 0.6) is 5.75 Å². The van der Waals surface area contributed by atoms with Crippen LogP contribution in [0.15, 0.2) is 94.6 Å². The highest BCUT2D eigenvalue weighted by Gasteiger charge is 2.27. The smallest absolute Gasteiger partial charge is 0.276 e. The van der Waals surface area contributed by atoms with E-state index in [1.807, 2.05) is 0 Å². The Hall–Kier alpha value is -4.54. The fourth-order valence-corrected chi connectivity index (χ4v) is 5.27. The number of halogens is 1. The lowest BCUT2D eigenvalue weighted by atomic mass is 10.1. The molecule has 0 aliphatic carbocycles. The van der Waals surface area contributed by atoms with Gasteiger partial charge in [-0.2, -0.15) is 0 Å². The summed E-state index contributed by atoms with van der Waals surface area (Å²) >= 11 is 6.20. The van der Waals surface area contributed by atoms with E-state index in [4.69, 9.17) is 20.8 Å². The first-order chi connectivity index (χ1) is 18.8. The predicted octanol–water partition coefficient (Wildman–Crippen LogP) is 5.34. The molecular weight excluding hydrogens is 542 g/mol. The molecule has 0 radical (unpaired) electrons. The maximum Gasteiger partial charge on any atom is 0.276 e. The van der Waals surface area contributed by atoms with Crippen LogP contribution in [0, 0.1) is 0 Å². The SMILES string of the molecule is COc1ccc(C(=O)c2oc3ccccc3c2NC(=O)c2nc(S(=O)(=O)Cc3ccccc3)ncc2Cl)cc1. The molecule has 39 heavy (non-hydrogen) atoms. The molecule has 9 nitrogen and oxygen atoms in total. The van der Waals surface area contributed by atoms with Crippen molar-refractivity contribution < 1.29 is 27.2 Å². The second-order valence-electron chi connectivity index (χ2n) is 8.41. The van der Waals surface area contributed by atoms with E-state index < -0.39 is 26.7 Å². The van der Waals surface area contributed by atoms with Crippen molar-refractivity contribution in [1.82, 2.24) is 9.97 Å². The van der Waals surface area contributed by atoms with Crippen LogP contribution in [0.1, 0.15) is 32.2 Å². The molecule has 5 rings (SSSR count). The number of nitrogens with zero attached hydrogens (tertiary/aromatic N) is 2. The number of carbonyl (C=O) groups is 2. The Labute approximate surface area is 228 Å². The second-order valence-corrected chi connectivity index (χ2v) is 10.7. The van der Waals surface area contributed by atoms with Crippen LogP contribution in [-0.2, 0) is 15.6 Å². The predicted molar refractivity (Wildman–Crippen MR) is 145 cm³/mol. The van der Waals surface area contributed by atoms with Crippen LogP contribution in [0.3, 0.4) is 0 Å². The van der Waals surface area contributed by atoms with Crippen LogP contribution in [0.4, 0.5) is 5.69 Å². The van der Waals surface area contributed by atoms with E-state index in [0.29, 0.717) is 27.8 Å². The highest BCUT2D eigenvalue weighted by atomic mass is 35.5. The number of nitrogens with one attached hydrogen (secondary N) is 1. The zero-order valence-corrected chi connectivity index (χ0v) is 22.0. The van der Waals surface area contributed by atoms with Gasteiger partial charge >= 0.3 is 0 Å². The van der Waals surface area contributed by atoms with Gasteiger partial charge in [0.2, 0.25) is 20.8 Å². The van der Waals surface area contributed by atoms with Gasteiger partial charge < -0.3 is 14.5 Å². The molecule has 1 N–H and O–H groups in total. The Morgan fingerprint density at radius 1 is 0.974 bits per heavy atom. The summed E-state index contributed by atoms with van der Waals surface area (Å²) < 4.78 is 36.9. The Kier molecular flexibility index (Phi) is 7.14. The van der Waals surface area contributed by atoms with Gasteiger partial charge in [-0.1, -0.05) is 54.1 Å². The third-order valence-electron chi connectivity index (χ3n) is 5.81. The second kappa shape index (κ2) is 10.7. The van der Waals surface area contributed by atoms with Gasteiger partial charge in [0.25, 0.3) is 5.91 Å². The van der Waals surface area contributed by atoms with Crippen molar-refractivity contribution in [2.75, 3.05) is 12.4 Å². The number of ketones is 1. The lowest BCUT2D eigenvalue weighted by molar-refractivity contribution is 0.101. The molecule has 2 aromatic heterocycles. The van der Waals surface area contributed by atoms with Crippen molar-refractivity contribution in [2.24, 2.45) is 0 Å². The first-order valence-electron chi connectivity index (χ1n) is 11.6. The number of fused-ring (bicyclic) bond motifs is 1. The number of carbonyl (C=O) groups excluding carboxylic acids is 2. The summed E-state index contributed by atoms with van der Waals surface area (Å²) in [5.74, 6) is -1.22. The van der Waals surface area contributed by atoms with Gasteiger partial charge in [-0.3, -0.25) is 9.59 Å². The van der Waals surface area contributed by atoms with E-state index in [2.05, 4.69) is 15.3 Å². The van der Waals surface area contributed by atoms with Crippen molar-refractivity contribution in [2.45, 2.75) is 10.9 Å². The summed E-state index contributed by atoms with van der Waals surface area (Å²) in [6.45, 7) is 0. The number of benzene rings is 3. The quantitative estimate of drug-likeness (QED) is 0.198. The number of ether oxygens (including phenoxy) is 1. The normalized spacial score (nSPS) is 11.3. The average Bonchev–Trinajstić information content (AvgIpc) is 3.31. The van der Waals surface area contributed by atoms with Crippen molar-refractivity contribution in [3.05, 3.63) is 113 Å². The number of para-hydroxylation sites is 1. The minimum atomic E-state index is -3.99. The van der Waals surface area contributed by atoms with Crippen LogP contribution in [0.2, 0.25) is 5.02 Å². The van der Waals surface area contributed by atoms with Gasteiger partial charge in [0.05, 0.1) is 29.8 Å². The maximum atomic E-state index is 13.4. The van der Waals surface area contributed by atoms with E-state index in [1.165, 1.54) is 7.11 Å². The van der Waals surface area contributed by atoms with Crippen LogP contribution >= 0.6 is 11.6 Å². The molecule has 0 aliphatic heterocycles. The summed E-state index contributed by atoms with van der Waals surface area (Å²) in [6.07, 6.45) is 1.05. The topological polar surface area (TPSA) is 128 Å². The zero-order valence-electron chi connectivity index (χ0n) is 20.4. The van der Waals surface area contributed by atoms with E-state index >= 15 is 0 Å². The molecule has 0 saturated heterocycles. The minimum Gasteiger partial charge on any atom is -0.497 e. The molecule has 11 heteroatoms. The number of rotatable bonds is 8. The fourth-order valence-electron chi connectivity index (χ4n) is 3.89. The molecule has 0 spiro atoms. The number of hydrogen-bond donors (Lipinski definition) is 1. The van der Waals surface area contributed by atoms with Crippen molar-refractivity contribution in [1.29, 1.82) is 0 Å². The Morgan fingerprint density at radius 3 is 2.38 bits per heavy atom. The first kappa shape index (κ1) is 26.1. The highest BCUT2D eigenvalue weighted by molar-refractivity contribution is 7.90. The maximum absolute atomic E-state index is 13.4. The van der Waals surface area contributed by atoms with Gasteiger partial charge in [0, 0.05) is 10.9 Å². The molecule has 196 valence electrons. The Morgan fingerprint density at radius 2 is 1.67 bits per heavy atom. The molecule has 0 fully saturated rings. The third kappa shape index (κ3) is 5.38. The Balaban J connectivity index is 1.50. The lowest BCUT2D eigenvalue weighted by Gasteiger charge is -2.09. The number of aromatic nitrogens is 2. The molecule has 0 bridgehead atoms. The number of methoxy groups -OCH3 is 1. The van der Waals surface area contributed by atoms with Gasteiger partial charge in [-0.25, -0.2) is 18.4 Å². The molecule has 0 aliphatic rings. The van der Waals surface area contributed by atoms with Crippen molar-refractivity contribution >= 4 is 49.8 Å². The first-order valence-corrected chi connectivity index (χ1v) is 13.6. The van der Waals surface area contributed by atoms with Crippen molar-refractivity contribution in [3.63, 3.8) is 0 Å². The fraction of sp³-hybridized carbons (Fsp3) is 0.0714. The molecule has 0 saturated carbocycles. The monoisotopic (exact) mass is 561 g/mol. The molecule has 3 aromatic carbocycles. The summed E-state index contributed by atoms with van der Waals surface area (Å²) in [5.41, 5.74) is 0.934. The van der Waals surface area contributed by atoms with E-state index in [0.717, 1.165) is 6.20 Å². The molecule has 0 unspecified atom stereocenters. The van der Waals surface area contributed by atoms with Gasteiger partial charge in [-0.15, -0.1) is 0 Å². The largest absolute Gasteiger partial charge is 0.497 e. The molecule has 5 aromatic rings. The number of amides is 1. The van der Waals surface area contributed by atoms with E-state index in [1.54, 1.807) is 78.9 Å². The minimum absolute atomic E-state index is 0.0970. The van der Waals surface area contributed by atoms with Crippen LogP contribution in [0.25, 0.3) is 11.0 Å². The molecule has 2 heterocycles. The zero-order chi connectivity index (χ0) is 27.6. The number of anilines is 1. The van der Waals surface area contributed by atoms with Gasteiger partial charge in [0.15, 0.2) is 11.5 Å². The van der Waals surface area contributed by atoms with Crippen LogP contribution in [-0.4, -0.2) is 37.2 Å². The summed E-state index contributed by atoms with van der Waals surface area (Å²) in [6, 6.07) is 21.7. The number of hydrogen-bond acceptors (Lipinski definition) is 8. The van der Waals surface area contributed by atoms with E-state index in [9.17, 15) is 18.0 Å². The standard InChI is InChI=1S/C28H20ClN3O6S/c1-37-19-13-11-18(12-14-19)25(33)26-23(20-9-5-6-10-22(20)38-26)31-27(34)24-21(29)15-30-28(32-24)39(35,36)16-17-7-3-2-4-8-17/h2-15H,16H2,1H3,(H,31,34). The Bertz CT molecular complexity index is 1800. The van der Waals surface area contributed by atoms with Gasteiger partial charge in [-0.05, 0) is 42.0 Å². The third-order valence-corrected chi connectivity index (χ3v) is 7.55. The average molecular weight is 562 g/mol. The van der Waals surface area contributed by atoms with Crippen LogP contribution < -0.4 is 10.1 Å². The highest BCUT2D eigenvalue weighted by Crippen LogP contribution is 2.33. The summed E-state index contributed by atoms with van der Waals surface area (Å²) in [4.78, 5) is 34.5. The number of sulfone groups is 1. The summed E-state index contributed by atoms with van der Waals surface area (Å²) in [7, 11) is -2.48. The molecule has 0 atom stereocenters. The lowest BCUT2D eigenvalue weighted by Crippen LogP contribution is -2.19. The molecule has 1 amide bonds. The van der Waals surface area contributed by atoms with Crippen molar-refractivity contribution in [3.8, 4) is 5.75 Å². The van der Waals surface area contributed by atoms with E-state index in [-0.39, 0.29) is 27.9 Å².